The zero-order valence-corrected chi connectivity index (χ0v) is 11.8. The molecule has 0 saturated heterocycles. The summed E-state index contributed by atoms with van der Waals surface area (Å²) in [7, 11) is 0. The first kappa shape index (κ1) is 14.7. The van der Waals surface area contributed by atoms with E-state index in [2.05, 4.69) is 5.32 Å². The van der Waals surface area contributed by atoms with Crippen molar-refractivity contribution in [3.8, 4) is 17.2 Å². The van der Waals surface area contributed by atoms with Gasteiger partial charge in [-0.25, -0.2) is 0 Å². The normalized spacial score (nSPS) is 10.4. The van der Waals surface area contributed by atoms with Crippen LogP contribution in [0, 0.1) is 0 Å². The van der Waals surface area contributed by atoms with Crippen molar-refractivity contribution < 1.29 is 19.7 Å². The predicted octanol–water partition coefficient (Wildman–Crippen LogP) is 3.14. The molecule has 0 aliphatic heterocycles. The van der Waals surface area contributed by atoms with Crippen LogP contribution < -0.4 is 10.1 Å². The Morgan fingerprint density at radius 2 is 1.62 bits per heavy atom. The Morgan fingerprint density at radius 1 is 1.05 bits per heavy atom. The summed E-state index contributed by atoms with van der Waals surface area (Å²) in [5, 5.41) is 21.9. The van der Waals surface area contributed by atoms with Crippen molar-refractivity contribution >= 4 is 11.6 Å². The van der Waals surface area contributed by atoms with Crippen molar-refractivity contribution in [2.45, 2.75) is 20.0 Å². The lowest BCUT2D eigenvalue weighted by Gasteiger charge is -2.11. The summed E-state index contributed by atoms with van der Waals surface area (Å²) >= 11 is 0. The molecule has 0 spiro atoms. The van der Waals surface area contributed by atoms with Gasteiger partial charge < -0.3 is 20.3 Å². The average molecular weight is 287 g/mol. The summed E-state index contributed by atoms with van der Waals surface area (Å²) in [4.78, 5) is 12.1. The maximum Gasteiger partial charge on any atom is 0.263 e. The van der Waals surface area contributed by atoms with Crippen LogP contribution in [-0.2, 0) is 0 Å². The molecule has 2 aromatic carbocycles. The maximum atomic E-state index is 12.1. The van der Waals surface area contributed by atoms with Gasteiger partial charge in [0.1, 0.15) is 22.8 Å². The van der Waals surface area contributed by atoms with Crippen LogP contribution in [0.1, 0.15) is 24.2 Å². The fourth-order valence-electron chi connectivity index (χ4n) is 1.84. The maximum absolute atomic E-state index is 12.1. The molecule has 2 aromatic rings. The summed E-state index contributed by atoms with van der Waals surface area (Å²) in [6.45, 7) is 3.85. The third-order valence-electron chi connectivity index (χ3n) is 2.73. The van der Waals surface area contributed by atoms with Gasteiger partial charge >= 0.3 is 0 Å². The summed E-state index contributed by atoms with van der Waals surface area (Å²) in [5.41, 5.74) is 0.388. The molecule has 1 amide bonds. The Labute approximate surface area is 122 Å². The average Bonchev–Trinajstić information content (AvgIpc) is 2.40. The number of nitrogens with one attached hydrogen (secondary N) is 1. The minimum atomic E-state index is -0.580. The monoisotopic (exact) mass is 287 g/mol. The SMILES string of the molecule is CC(C)Oc1ccc(NC(=O)c2c(O)cccc2O)cc1. The van der Waals surface area contributed by atoms with Crippen LogP contribution in [0.4, 0.5) is 5.69 Å². The zero-order valence-electron chi connectivity index (χ0n) is 11.8. The van der Waals surface area contributed by atoms with E-state index in [4.69, 9.17) is 4.74 Å². The van der Waals surface area contributed by atoms with Crippen molar-refractivity contribution in [3.05, 3.63) is 48.0 Å². The Bertz CT molecular complexity index is 615. The second kappa shape index (κ2) is 6.17. The van der Waals surface area contributed by atoms with Gasteiger partial charge in [0, 0.05) is 5.69 Å². The smallest absolute Gasteiger partial charge is 0.263 e. The second-order valence-electron chi connectivity index (χ2n) is 4.82. The van der Waals surface area contributed by atoms with Crippen molar-refractivity contribution in [2.24, 2.45) is 0 Å². The number of rotatable bonds is 4. The summed E-state index contributed by atoms with van der Waals surface area (Å²) in [6, 6.07) is 11.0. The van der Waals surface area contributed by atoms with E-state index in [1.165, 1.54) is 18.2 Å². The number of carbonyl (C=O) groups excluding carboxylic acids is 1. The van der Waals surface area contributed by atoms with Gasteiger partial charge in [-0.2, -0.15) is 0 Å². The highest BCUT2D eigenvalue weighted by atomic mass is 16.5. The number of phenolic OH excluding ortho intramolecular Hbond substituents is 2. The molecule has 0 radical (unpaired) electrons. The van der Waals surface area contributed by atoms with Gasteiger partial charge in [0.2, 0.25) is 0 Å². The van der Waals surface area contributed by atoms with E-state index in [1.807, 2.05) is 13.8 Å². The molecular formula is C16H17NO4. The Kier molecular flexibility index (Phi) is 4.33. The van der Waals surface area contributed by atoms with E-state index in [-0.39, 0.29) is 23.2 Å². The molecule has 5 nitrogen and oxygen atoms in total. The van der Waals surface area contributed by atoms with Gasteiger partial charge in [-0.1, -0.05) is 6.07 Å². The fraction of sp³-hybridized carbons (Fsp3) is 0.188. The quantitative estimate of drug-likeness (QED) is 0.807. The lowest BCUT2D eigenvalue weighted by molar-refractivity contribution is 0.102. The molecule has 3 N–H and O–H groups in total. The zero-order chi connectivity index (χ0) is 15.4. The highest BCUT2D eigenvalue weighted by Crippen LogP contribution is 2.27. The lowest BCUT2D eigenvalue weighted by atomic mass is 10.1. The fourth-order valence-corrected chi connectivity index (χ4v) is 1.84. The van der Waals surface area contributed by atoms with E-state index in [1.54, 1.807) is 24.3 Å². The van der Waals surface area contributed by atoms with Crippen LogP contribution in [0.15, 0.2) is 42.5 Å². The first-order valence-corrected chi connectivity index (χ1v) is 6.56. The summed E-state index contributed by atoms with van der Waals surface area (Å²) < 4.78 is 5.50. The topological polar surface area (TPSA) is 78.8 Å². The number of carbonyl (C=O) groups is 1. The number of aromatic hydroxyl groups is 2. The van der Waals surface area contributed by atoms with E-state index in [9.17, 15) is 15.0 Å². The molecule has 0 atom stereocenters. The number of anilines is 1. The number of benzene rings is 2. The number of ether oxygens (including phenoxy) is 1. The largest absolute Gasteiger partial charge is 0.507 e. The molecule has 2 rings (SSSR count). The predicted molar refractivity (Wildman–Crippen MR) is 79.9 cm³/mol. The van der Waals surface area contributed by atoms with Crippen molar-refractivity contribution in [1.29, 1.82) is 0 Å². The molecule has 0 heterocycles. The number of hydrogen-bond acceptors (Lipinski definition) is 4. The van der Waals surface area contributed by atoms with E-state index in [0.29, 0.717) is 11.4 Å². The van der Waals surface area contributed by atoms with Gasteiger partial charge in [-0.3, -0.25) is 4.79 Å². The number of hydrogen-bond donors (Lipinski definition) is 3. The van der Waals surface area contributed by atoms with Gasteiger partial charge in [-0.15, -0.1) is 0 Å². The molecular weight excluding hydrogens is 270 g/mol. The molecule has 0 aliphatic carbocycles. The van der Waals surface area contributed by atoms with Crippen LogP contribution in [0.25, 0.3) is 0 Å². The first-order chi connectivity index (χ1) is 9.97. The molecule has 21 heavy (non-hydrogen) atoms. The van der Waals surface area contributed by atoms with E-state index >= 15 is 0 Å². The highest BCUT2D eigenvalue weighted by Gasteiger charge is 2.16. The van der Waals surface area contributed by atoms with Gasteiger partial charge in [0.25, 0.3) is 5.91 Å². The lowest BCUT2D eigenvalue weighted by Crippen LogP contribution is -2.12. The van der Waals surface area contributed by atoms with Crippen molar-refractivity contribution in [1.82, 2.24) is 0 Å². The van der Waals surface area contributed by atoms with Gasteiger partial charge in [-0.05, 0) is 50.2 Å². The third-order valence-corrected chi connectivity index (χ3v) is 2.73. The Hall–Kier alpha value is -2.69. The Morgan fingerprint density at radius 3 is 2.14 bits per heavy atom. The Balaban J connectivity index is 2.13. The van der Waals surface area contributed by atoms with Gasteiger partial charge in [0.15, 0.2) is 0 Å². The molecule has 0 aromatic heterocycles. The second-order valence-corrected chi connectivity index (χ2v) is 4.82. The molecule has 0 bridgehead atoms. The van der Waals surface area contributed by atoms with Crippen LogP contribution >= 0.6 is 0 Å². The molecule has 110 valence electrons. The van der Waals surface area contributed by atoms with Crippen molar-refractivity contribution in [3.63, 3.8) is 0 Å². The van der Waals surface area contributed by atoms with Crippen LogP contribution in [-0.4, -0.2) is 22.2 Å². The third kappa shape index (κ3) is 3.66. The molecule has 0 fully saturated rings. The molecule has 0 saturated carbocycles. The molecule has 0 aliphatic rings. The number of amides is 1. The van der Waals surface area contributed by atoms with Crippen LogP contribution in [0.5, 0.6) is 17.2 Å². The van der Waals surface area contributed by atoms with E-state index in [0.717, 1.165) is 0 Å². The minimum absolute atomic E-state index is 0.0728. The van der Waals surface area contributed by atoms with Crippen LogP contribution in [0.3, 0.4) is 0 Å². The first-order valence-electron chi connectivity index (χ1n) is 6.56. The van der Waals surface area contributed by atoms with Gasteiger partial charge in [0.05, 0.1) is 6.10 Å². The summed E-state index contributed by atoms with van der Waals surface area (Å²) in [6.07, 6.45) is 0.0728. The minimum Gasteiger partial charge on any atom is -0.507 e. The number of phenols is 2. The standard InChI is InChI=1S/C16H17NO4/c1-10(2)21-12-8-6-11(7-9-12)17-16(20)15-13(18)4-3-5-14(15)19/h3-10,18-19H,1-2H3,(H,17,20). The molecule has 0 unspecified atom stereocenters. The van der Waals surface area contributed by atoms with E-state index < -0.39 is 5.91 Å². The van der Waals surface area contributed by atoms with Crippen molar-refractivity contribution in [2.75, 3.05) is 5.32 Å². The highest BCUT2D eigenvalue weighted by molar-refractivity contribution is 6.08. The van der Waals surface area contributed by atoms with Crippen LogP contribution in [0.2, 0.25) is 0 Å². The molecule has 5 heteroatoms. The summed E-state index contributed by atoms with van der Waals surface area (Å²) in [5.74, 6) is -0.420.